The van der Waals surface area contributed by atoms with Gasteiger partial charge in [-0.25, -0.2) is 4.39 Å². The average molecular weight is 465 g/mol. The summed E-state index contributed by atoms with van der Waals surface area (Å²) in [5, 5.41) is 2.88. The van der Waals surface area contributed by atoms with Crippen LogP contribution >= 0.6 is 15.9 Å². The second kappa shape index (κ2) is 8.24. The monoisotopic (exact) mass is 464 g/mol. The third-order valence-corrected chi connectivity index (χ3v) is 5.55. The van der Waals surface area contributed by atoms with E-state index >= 15 is 0 Å². The van der Waals surface area contributed by atoms with E-state index in [0.29, 0.717) is 26.9 Å². The molecule has 1 atom stereocenters. The van der Waals surface area contributed by atoms with Crippen LogP contribution in [0.2, 0.25) is 0 Å². The van der Waals surface area contributed by atoms with Gasteiger partial charge < -0.3 is 5.32 Å². The highest BCUT2D eigenvalue weighted by Crippen LogP contribution is 2.31. The topological polar surface area (TPSA) is 49.4 Å². The number of fused-ring (bicyclic) bond motifs is 1. The van der Waals surface area contributed by atoms with Crippen LogP contribution in [0.25, 0.3) is 5.70 Å². The molecule has 0 aromatic heterocycles. The van der Waals surface area contributed by atoms with Gasteiger partial charge in [0, 0.05) is 26.9 Å². The van der Waals surface area contributed by atoms with Crippen molar-refractivity contribution in [2.24, 2.45) is 0 Å². The fourth-order valence-electron chi connectivity index (χ4n) is 3.57. The van der Waals surface area contributed by atoms with Gasteiger partial charge in [-0.3, -0.25) is 14.5 Å². The molecule has 150 valence electrons. The van der Waals surface area contributed by atoms with Crippen LogP contribution in [0.4, 0.5) is 4.39 Å². The van der Waals surface area contributed by atoms with Crippen molar-refractivity contribution in [1.29, 1.82) is 0 Å². The van der Waals surface area contributed by atoms with Crippen molar-refractivity contribution in [1.82, 2.24) is 10.2 Å². The van der Waals surface area contributed by atoms with Crippen LogP contribution in [-0.2, 0) is 4.79 Å². The number of amides is 2. The first-order chi connectivity index (χ1) is 14.5. The molecule has 1 N–H and O–H groups in total. The average Bonchev–Trinajstić information content (AvgIpc) is 2.98. The minimum Gasteiger partial charge on any atom is -0.344 e. The molecule has 30 heavy (non-hydrogen) atoms. The molecule has 2 amide bonds. The number of halogens is 2. The maximum Gasteiger partial charge on any atom is 0.259 e. The molecular weight excluding hydrogens is 447 g/mol. The van der Waals surface area contributed by atoms with Crippen LogP contribution in [0.1, 0.15) is 33.1 Å². The van der Waals surface area contributed by atoms with Crippen molar-refractivity contribution < 1.29 is 14.0 Å². The number of carbonyl (C=O) groups is 2. The number of hydrogen-bond acceptors (Lipinski definition) is 2. The summed E-state index contributed by atoms with van der Waals surface area (Å²) in [6.07, 6.45) is 0. The molecule has 0 aliphatic carbocycles. The molecule has 0 saturated carbocycles. The summed E-state index contributed by atoms with van der Waals surface area (Å²) in [5.74, 6) is -1.11. The van der Waals surface area contributed by atoms with Gasteiger partial charge in [0.25, 0.3) is 5.91 Å². The molecule has 1 aliphatic heterocycles. The number of nitrogens with one attached hydrogen (secondary N) is 1. The van der Waals surface area contributed by atoms with Crippen molar-refractivity contribution in [3.8, 4) is 0 Å². The van der Waals surface area contributed by atoms with E-state index in [-0.39, 0.29) is 12.5 Å². The van der Waals surface area contributed by atoms with Gasteiger partial charge in [-0.2, -0.15) is 0 Å². The first-order valence-electron chi connectivity index (χ1n) is 9.35. The molecular formula is C24H18BrFN2O2. The van der Waals surface area contributed by atoms with E-state index in [1.54, 1.807) is 30.3 Å². The molecule has 0 saturated heterocycles. The van der Waals surface area contributed by atoms with E-state index in [2.05, 4.69) is 27.8 Å². The van der Waals surface area contributed by atoms with Crippen LogP contribution in [0, 0.1) is 5.82 Å². The van der Waals surface area contributed by atoms with E-state index in [1.165, 1.54) is 11.0 Å². The summed E-state index contributed by atoms with van der Waals surface area (Å²) >= 11 is 3.26. The lowest BCUT2D eigenvalue weighted by Gasteiger charge is -2.23. The van der Waals surface area contributed by atoms with Gasteiger partial charge in [-0.1, -0.05) is 77.1 Å². The summed E-state index contributed by atoms with van der Waals surface area (Å²) < 4.78 is 15.3. The Labute approximate surface area is 182 Å². The maximum absolute atomic E-state index is 14.7. The molecule has 1 aliphatic rings. The minimum absolute atomic E-state index is 0.201. The summed E-state index contributed by atoms with van der Waals surface area (Å²) in [4.78, 5) is 26.9. The van der Waals surface area contributed by atoms with E-state index in [9.17, 15) is 14.0 Å². The van der Waals surface area contributed by atoms with Crippen LogP contribution in [-0.4, -0.2) is 23.3 Å². The molecule has 3 aromatic carbocycles. The second-order valence-electron chi connectivity index (χ2n) is 6.96. The van der Waals surface area contributed by atoms with Crippen molar-refractivity contribution in [2.75, 3.05) is 6.54 Å². The zero-order chi connectivity index (χ0) is 21.3. The Morgan fingerprint density at radius 2 is 1.70 bits per heavy atom. The Morgan fingerprint density at radius 3 is 2.37 bits per heavy atom. The van der Waals surface area contributed by atoms with Crippen molar-refractivity contribution >= 4 is 33.4 Å². The van der Waals surface area contributed by atoms with Crippen molar-refractivity contribution in [3.63, 3.8) is 0 Å². The van der Waals surface area contributed by atoms with Crippen LogP contribution in [0.3, 0.4) is 0 Å². The van der Waals surface area contributed by atoms with E-state index in [4.69, 9.17) is 0 Å². The zero-order valence-corrected chi connectivity index (χ0v) is 17.5. The fourth-order valence-corrected chi connectivity index (χ4v) is 3.91. The van der Waals surface area contributed by atoms with Crippen molar-refractivity contribution in [3.05, 3.63) is 112 Å². The van der Waals surface area contributed by atoms with E-state index < -0.39 is 17.8 Å². The molecule has 0 bridgehead atoms. The molecule has 6 heteroatoms. The molecule has 0 radical (unpaired) electrons. The first kappa shape index (κ1) is 20.0. The predicted octanol–water partition coefficient (Wildman–Crippen LogP) is 4.92. The maximum atomic E-state index is 14.7. The third kappa shape index (κ3) is 3.78. The van der Waals surface area contributed by atoms with Gasteiger partial charge >= 0.3 is 0 Å². The lowest BCUT2D eigenvalue weighted by atomic mass is 9.98. The predicted molar refractivity (Wildman–Crippen MR) is 117 cm³/mol. The Balaban J connectivity index is 1.59. The number of nitrogens with zero attached hydrogens (tertiary/aromatic N) is 1. The van der Waals surface area contributed by atoms with Gasteiger partial charge in [-0.05, 0) is 23.8 Å². The molecule has 1 unspecified atom stereocenters. The largest absolute Gasteiger partial charge is 0.344 e. The first-order valence-corrected chi connectivity index (χ1v) is 10.1. The highest BCUT2D eigenvalue weighted by atomic mass is 79.9. The number of benzene rings is 3. The summed E-state index contributed by atoms with van der Waals surface area (Å²) in [6, 6.07) is 20.3. The third-order valence-electron chi connectivity index (χ3n) is 5.05. The lowest BCUT2D eigenvalue weighted by molar-refractivity contribution is -0.121. The molecule has 0 spiro atoms. The second-order valence-corrected chi connectivity index (χ2v) is 7.88. The van der Waals surface area contributed by atoms with Gasteiger partial charge in [0.1, 0.15) is 12.4 Å². The lowest BCUT2D eigenvalue weighted by Crippen LogP contribution is -2.39. The molecule has 4 rings (SSSR count). The minimum atomic E-state index is -0.694. The Hall–Kier alpha value is -3.25. The molecule has 4 nitrogen and oxygen atoms in total. The standard InChI is InChI=1S/C24H18BrFN2O2/c1-15-18-9-5-6-10-19(18)24(30)28(15)14-22(29)27-23(16-7-3-2-4-8-16)20-12-11-17(25)13-21(20)26/h2-13,23H,1,14H2,(H,27,29). The van der Waals surface area contributed by atoms with E-state index in [0.717, 1.165) is 5.56 Å². The van der Waals surface area contributed by atoms with Crippen LogP contribution in [0.5, 0.6) is 0 Å². The molecule has 0 fully saturated rings. The molecule has 3 aromatic rings. The Bertz CT molecular complexity index is 1110. The zero-order valence-electron chi connectivity index (χ0n) is 15.9. The van der Waals surface area contributed by atoms with Gasteiger partial charge in [0.2, 0.25) is 5.91 Å². The van der Waals surface area contributed by atoms with Gasteiger partial charge in [0.05, 0.1) is 6.04 Å². The quantitative estimate of drug-likeness (QED) is 0.582. The van der Waals surface area contributed by atoms with E-state index in [1.807, 2.05) is 36.4 Å². The fraction of sp³-hybridized carbons (Fsp3) is 0.0833. The summed E-state index contributed by atoms with van der Waals surface area (Å²) in [5.41, 5.74) is 2.80. The Kier molecular flexibility index (Phi) is 5.50. The number of rotatable bonds is 5. The Morgan fingerprint density at radius 1 is 1.03 bits per heavy atom. The van der Waals surface area contributed by atoms with Gasteiger partial charge in [-0.15, -0.1) is 0 Å². The number of carbonyl (C=O) groups excluding carboxylic acids is 2. The smallest absolute Gasteiger partial charge is 0.259 e. The number of hydrogen-bond donors (Lipinski definition) is 1. The normalized spacial score (nSPS) is 13.9. The summed E-state index contributed by atoms with van der Waals surface area (Å²) in [6.45, 7) is 3.76. The highest BCUT2D eigenvalue weighted by Gasteiger charge is 2.32. The van der Waals surface area contributed by atoms with Gasteiger partial charge in [0.15, 0.2) is 0 Å². The molecule has 1 heterocycles. The SMILES string of the molecule is C=C1c2ccccc2C(=O)N1CC(=O)NC(c1ccccc1)c1ccc(Br)cc1F. The summed E-state index contributed by atoms with van der Waals surface area (Å²) in [7, 11) is 0. The van der Waals surface area contributed by atoms with Crippen LogP contribution in [0.15, 0.2) is 83.8 Å². The van der Waals surface area contributed by atoms with Crippen LogP contribution < -0.4 is 5.32 Å². The highest BCUT2D eigenvalue weighted by molar-refractivity contribution is 9.10. The van der Waals surface area contributed by atoms with Crippen molar-refractivity contribution in [2.45, 2.75) is 6.04 Å².